The summed E-state index contributed by atoms with van der Waals surface area (Å²) in [4.78, 5) is 25.3. The highest BCUT2D eigenvalue weighted by Crippen LogP contribution is 2.28. The minimum Gasteiger partial charge on any atom is -0.369 e. The van der Waals surface area contributed by atoms with Crippen LogP contribution >= 0.6 is 22.6 Å². The van der Waals surface area contributed by atoms with Gasteiger partial charge in [0.25, 0.3) is 5.56 Å². The Hall–Kier alpha value is -1.87. The Balaban J connectivity index is 1.83. The van der Waals surface area contributed by atoms with Gasteiger partial charge < -0.3 is 20.2 Å². The van der Waals surface area contributed by atoms with Crippen LogP contribution in [0.1, 0.15) is 5.56 Å². The molecule has 1 aromatic carbocycles. The molecule has 124 valence electrons. The number of nitrogens with one attached hydrogen (secondary N) is 3. The van der Waals surface area contributed by atoms with Gasteiger partial charge in [-0.15, -0.1) is 0 Å². The van der Waals surface area contributed by atoms with Gasteiger partial charge in [-0.05, 0) is 53.3 Å². The number of nitrogens with zero attached hydrogens (tertiary/aromatic N) is 2. The van der Waals surface area contributed by atoms with E-state index in [-0.39, 0.29) is 5.56 Å². The molecule has 3 N–H and O–H groups in total. The van der Waals surface area contributed by atoms with Crippen LogP contribution in [0.3, 0.4) is 0 Å². The second-order valence-corrected chi connectivity index (χ2v) is 7.17. The van der Waals surface area contributed by atoms with Crippen molar-refractivity contribution in [3.8, 4) is 11.4 Å². The quantitative estimate of drug-likeness (QED) is 0.540. The number of anilines is 1. The van der Waals surface area contributed by atoms with E-state index in [9.17, 15) is 4.79 Å². The highest BCUT2D eigenvalue weighted by molar-refractivity contribution is 14.1. The molecule has 0 aliphatic carbocycles. The Kier molecular flexibility index (Phi) is 4.05. The molecule has 3 heterocycles. The predicted molar refractivity (Wildman–Crippen MR) is 105 cm³/mol. The van der Waals surface area contributed by atoms with Gasteiger partial charge in [-0.3, -0.25) is 4.79 Å². The number of hydrogen-bond donors (Lipinski definition) is 3. The number of piperazine rings is 1. The van der Waals surface area contributed by atoms with E-state index in [0.29, 0.717) is 11.4 Å². The van der Waals surface area contributed by atoms with Crippen LogP contribution in [0.4, 0.5) is 5.69 Å². The van der Waals surface area contributed by atoms with Gasteiger partial charge in [-0.1, -0.05) is 0 Å². The number of aryl methyl sites for hydroxylation is 1. The maximum absolute atomic E-state index is 12.2. The summed E-state index contributed by atoms with van der Waals surface area (Å²) in [5.74, 6) is 0.622. The summed E-state index contributed by atoms with van der Waals surface area (Å²) in [6.07, 6.45) is 1.66. The number of aromatic amines is 2. The predicted octanol–water partition coefficient (Wildman–Crippen LogP) is 2.24. The minimum absolute atomic E-state index is 0.124. The minimum atomic E-state index is -0.124. The van der Waals surface area contributed by atoms with Crippen molar-refractivity contribution >= 4 is 39.3 Å². The lowest BCUT2D eigenvalue weighted by molar-refractivity contribution is 0.589. The summed E-state index contributed by atoms with van der Waals surface area (Å²) in [5.41, 5.74) is 4.68. The van der Waals surface area contributed by atoms with Crippen LogP contribution in [0.5, 0.6) is 0 Å². The normalized spacial score (nSPS) is 15.2. The lowest BCUT2D eigenvalue weighted by atomic mass is 10.1. The Bertz CT molecular complexity index is 955. The van der Waals surface area contributed by atoms with Gasteiger partial charge >= 0.3 is 0 Å². The molecule has 0 atom stereocenters. The fourth-order valence-electron chi connectivity index (χ4n) is 3.17. The molecule has 24 heavy (non-hydrogen) atoms. The maximum atomic E-state index is 12.2. The first-order valence-corrected chi connectivity index (χ1v) is 9.05. The van der Waals surface area contributed by atoms with Crippen molar-refractivity contribution in [1.29, 1.82) is 0 Å². The number of hydrogen-bond acceptors (Lipinski definition) is 4. The average molecular weight is 435 g/mol. The molecular formula is C17H18IN5O. The molecule has 1 aliphatic heterocycles. The fourth-order valence-corrected chi connectivity index (χ4v) is 3.85. The number of halogens is 1. The Morgan fingerprint density at radius 1 is 1.25 bits per heavy atom. The van der Waals surface area contributed by atoms with Crippen molar-refractivity contribution in [2.75, 3.05) is 31.1 Å². The maximum Gasteiger partial charge on any atom is 0.260 e. The molecule has 0 unspecified atom stereocenters. The molecule has 0 spiro atoms. The van der Waals surface area contributed by atoms with E-state index in [2.05, 4.69) is 66.8 Å². The summed E-state index contributed by atoms with van der Waals surface area (Å²) in [6.45, 7) is 6.08. The number of pyridine rings is 1. The Morgan fingerprint density at radius 2 is 2.04 bits per heavy atom. The number of fused-ring (bicyclic) bond motifs is 1. The molecule has 1 fully saturated rings. The van der Waals surface area contributed by atoms with E-state index in [1.54, 1.807) is 6.20 Å². The van der Waals surface area contributed by atoms with E-state index >= 15 is 0 Å². The molecule has 0 saturated carbocycles. The number of rotatable bonds is 2. The zero-order valence-corrected chi connectivity index (χ0v) is 15.5. The molecule has 4 rings (SSSR count). The molecule has 1 aliphatic rings. The van der Waals surface area contributed by atoms with Crippen molar-refractivity contribution in [1.82, 2.24) is 20.3 Å². The molecule has 3 aromatic rings. The highest BCUT2D eigenvalue weighted by Gasteiger charge is 2.16. The number of H-pyrrole nitrogens is 2. The van der Waals surface area contributed by atoms with Gasteiger partial charge in [0.15, 0.2) is 0 Å². The van der Waals surface area contributed by atoms with Crippen molar-refractivity contribution in [3.05, 3.63) is 43.9 Å². The van der Waals surface area contributed by atoms with Gasteiger partial charge in [0.05, 0.1) is 16.6 Å². The molecular weight excluding hydrogens is 417 g/mol. The smallest absolute Gasteiger partial charge is 0.260 e. The standard InChI is InChI=1S/C17H18IN5O/c1-10-8-11(23-6-4-19-5-7-23)9-13-15(10)22-16(21-13)14-12(18)2-3-20-17(14)24/h2-3,8-9,19H,4-7H2,1H3,(H,20,24)(H,21,22). The first kappa shape index (κ1) is 15.6. The summed E-state index contributed by atoms with van der Waals surface area (Å²) in [7, 11) is 0. The average Bonchev–Trinajstić information content (AvgIpc) is 3.00. The van der Waals surface area contributed by atoms with Gasteiger partial charge in [0, 0.05) is 41.6 Å². The molecule has 6 nitrogen and oxygen atoms in total. The van der Waals surface area contributed by atoms with E-state index in [4.69, 9.17) is 0 Å². The summed E-state index contributed by atoms with van der Waals surface area (Å²) in [6, 6.07) is 6.19. The molecule has 2 aromatic heterocycles. The first-order valence-electron chi connectivity index (χ1n) is 7.97. The van der Waals surface area contributed by atoms with Gasteiger partial charge in [0.1, 0.15) is 5.82 Å². The third kappa shape index (κ3) is 2.71. The van der Waals surface area contributed by atoms with Crippen LogP contribution in [0.15, 0.2) is 29.2 Å². The van der Waals surface area contributed by atoms with Gasteiger partial charge in [-0.25, -0.2) is 4.98 Å². The van der Waals surface area contributed by atoms with Crippen molar-refractivity contribution < 1.29 is 0 Å². The highest BCUT2D eigenvalue weighted by atomic mass is 127. The Labute approximate surface area is 152 Å². The van der Waals surface area contributed by atoms with Crippen LogP contribution in [-0.4, -0.2) is 41.1 Å². The number of imidazole rings is 1. The topological polar surface area (TPSA) is 76.8 Å². The molecule has 0 radical (unpaired) electrons. The monoisotopic (exact) mass is 435 g/mol. The Morgan fingerprint density at radius 3 is 2.79 bits per heavy atom. The molecule has 1 saturated heterocycles. The lowest BCUT2D eigenvalue weighted by Gasteiger charge is -2.29. The lowest BCUT2D eigenvalue weighted by Crippen LogP contribution is -2.43. The van der Waals surface area contributed by atoms with Gasteiger partial charge in [-0.2, -0.15) is 0 Å². The summed E-state index contributed by atoms with van der Waals surface area (Å²) < 4.78 is 0.885. The number of benzene rings is 1. The van der Waals surface area contributed by atoms with Gasteiger partial charge in [0.2, 0.25) is 0 Å². The second-order valence-electron chi connectivity index (χ2n) is 6.01. The van der Waals surface area contributed by atoms with E-state index in [0.717, 1.165) is 46.3 Å². The molecule has 7 heteroatoms. The third-order valence-electron chi connectivity index (χ3n) is 4.39. The van der Waals surface area contributed by atoms with Crippen LogP contribution in [0.2, 0.25) is 0 Å². The van der Waals surface area contributed by atoms with E-state index in [1.807, 2.05) is 6.07 Å². The van der Waals surface area contributed by atoms with Crippen LogP contribution < -0.4 is 15.8 Å². The molecule has 0 amide bonds. The summed E-state index contributed by atoms with van der Waals surface area (Å²) in [5, 5.41) is 3.37. The van der Waals surface area contributed by atoms with E-state index < -0.39 is 0 Å². The van der Waals surface area contributed by atoms with E-state index in [1.165, 1.54) is 5.69 Å². The third-order valence-corrected chi connectivity index (χ3v) is 5.29. The zero-order chi connectivity index (χ0) is 16.7. The second kappa shape index (κ2) is 6.21. The summed E-state index contributed by atoms with van der Waals surface area (Å²) >= 11 is 2.17. The largest absolute Gasteiger partial charge is 0.369 e. The van der Waals surface area contributed by atoms with Crippen molar-refractivity contribution in [3.63, 3.8) is 0 Å². The van der Waals surface area contributed by atoms with Crippen LogP contribution in [0.25, 0.3) is 22.4 Å². The SMILES string of the molecule is Cc1cc(N2CCNCC2)cc2[nH]c(-c3c(I)cc[nH]c3=O)nc12. The van der Waals surface area contributed by atoms with Crippen molar-refractivity contribution in [2.24, 2.45) is 0 Å². The van der Waals surface area contributed by atoms with Crippen molar-refractivity contribution in [2.45, 2.75) is 6.92 Å². The van der Waals surface area contributed by atoms with Crippen LogP contribution in [-0.2, 0) is 0 Å². The fraction of sp³-hybridized carbons (Fsp3) is 0.294. The number of aromatic nitrogens is 3. The van der Waals surface area contributed by atoms with Crippen LogP contribution in [0, 0.1) is 10.5 Å². The first-order chi connectivity index (χ1) is 11.6. The molecule has 0 bridgehead atoms. The zero-order valence-electron chi connectivity index (χ0n) is 13.3.